The summed E-state index contributed by atoms with van der Waals surface area (Å²) >= 11 is 0. The molecule has 0 radical (unpaired) electrons. The van der Waals surface area contributed by atoms with Crippen LogP contribution in [0.5, 0.6) is 0 Å². The Morgan fingerprint density at radius 2 is 2.38 bits per heavy atom. The number of pyridine rings is 1. The largest absolute Gasteiger partial charge is 0.371 e. The lowest BCUT2D eigenvalue weighted by atomic mass is 9.98. The zero-order valence-corrected chi connectivity index (χ0v) is 14.1. The van der Waals surface area contributed by atoms with E-state index < -0.39 is 0 Å². The molecule has 2 aliphatic rings. The summed E-state index contributed by atoms with van der Waals surface area (Å²) in [5.41, 5.74) is 2.20. The van der Waals surface area contributed by atoms with E-state index in [9.17, 15) is 0 Å². The summed E-state index contributed by atoms with van der Waals surface area (Å²) in [6.45, 7) is 4.22. The average molecular weight is 328 g/mol. The van der Waals surface area contributed by atoms with Gasteiger partial charge in [0.15, 0.2) is 0 Å². The summed E-state index contributed by atoms with van der Waals surface area (Å²) < 4.78 is 14.1. The zero-order chi connectivity index (χ0) is 16.4. The fourth-order valence-electron chi connectivity index (χ4n) is 3.73. The highest BCUT2D eigenvalue weighted by atomic mass is 16.6. The number of aryl methyl sites for hydroxylation is 1. The second-order valence-corrected chi connectivity index (χ2v) is 6.93. The summed E-state index contributed by atoms with van der Waals surface area (Å²) in [5.74, 6) is 0. The highest BCUT2D eigenvalue weighted by Gasteiger charge is 2.45. The van der Waals surface area contributed by atoms with E-state index in [4.69, 9.17) is 9.47 Å². The van der Waals surface area contributed by atoms with Crippen LogP contribution in [0.4, 0.5) is 0 Å². The van der Waals surface area contributed by atoms with Crippen molar-refractivity contribution in [2.24, 2.45) is 7.05 Å². The molecular weight excluding hydrogens is 304 g/mol. The normalized spacial score (nSPS) is 27.3. The van der Waals surface area contributed by atoms with Gasteiger partial charge >= 0.3 is 0 Å². The van der Waals surface area contributed by atoms with E-state index in [1.807, 2.05) is 36.3 Å². The summed E-state index contributed by atoms with van der Waals surface area (Å²) in [7, 11) is 1.96. The van der Waals surface area contributed by atoms with Gasteiger partial charge in [-0.3, -0.25) is 14.6 Å². The van der Waals surface area contributed by atoms with Crippen molar-refractivity contribution in [3.8, 4) is 0 Å². The van der Waals surface area contributed by atoms with Crippen molar-refractivity contribution in [1.82, 2.24) is 19.7 Å². The highest BCUT2D eigenvalue weighted by molar-refractivity contribution is 5.07. The third-order valence-corrected chi connectivity index (χ3v) is 4.93. The molecule has 6 heteroatoms. The molecule has 0 amide bonds. The third kappa shape index (κ3) is 3.50. The molecule has 0 aromatic carbocycles. The average Bonchev–Trinajstić information content (AvgIpc) is 3.29. The molecule has 0 unspecified atom stereocenters. The fourth-order valence-corrected chi connectivity index (χ4v) is 3.73. The molecule has 2 aliphatic heterocycles. The summed E-state index contributed by atoms with van der Waals surface area (Å²) in [6, 6.07) is 6.07. The Labute approximate surface area is 142 Å². The summed E-state index contributed by atoms with van der Waals surface area (Å²) in [6.07, 6.45) is 7.87. The first kappa shape index (κ1) is 15.7. The Morgan fingerprint density at radius 1 is 1.42 bits per heavy atom. The molecule has 4 heterocycles. The van der Waals surface area contributed by atoms with Crippen LogP contribution in [-0.4, -0.2) is 51.1 Å². The van der Waals surface area contributed by atoms with Crippen LogP contribution in [0.25, 0.3) is 0 Å². The molecule has 24 heavy (non-hydrogen) atoms. The molecule has 128 valence electrons. The van der Waals surface area contributed by atoms with Crippen molar-refractivity contribution in [2.75, 3.05) is 19.7 Å². The van der Waals surface area contributed by atoms with Gasteiger partial charge < -0.3 is 9.47 Å². The van der Waals surface area contributed by atoms with E-state index in [0.29, 0.717) is 13.2 Å². The quantitative estimate of drug-likeness (QED) is 0.837. The number of hydrogen-bond acceptors (Lipinski definition) is 5. The van der Waals surface area contributed by atoms with Gasteiger partial charge in [0.1, 0.15) is 0 Å². The standard InChI is InChI=1S/C18H24N4O2/c1-21-7-4-16(20-21)11-22-8-5-18(14-22)9-17(13-24-18)23-12-15-3-2-6-19-10-15/h2-4,6-7,10,17H,5,8-9,11-14H2,1H3/t17-,18-/m1/s1. The van der Waals surface area contributed by atoms with Crippen molar-refractivity contribution in [1.29, 1.82) is 0 Å². The SMILES string of the molecule is Cn1ccc(CN2CC[C@@]3(C[C@@H](OCc4cccnc4)CO3)C2)n1. The van der Waals surface area contributed by atoms with Gasteiger partial charge in [-0.05, 0) is 24.1 Å². The molecule has 0 aliphatic carbocycles. The molecule has 0 bridgehead atoms. The van der Waals surface area contributed by atoms with Crippen LogP contribution in [0.3, 0.4) is 0 Å². The van der Waals surface area contributed by atoms with Crippen molar-refractivity contribution < 1.29 is 9.47 Å². The number of ether oxygens (including phenoxy) is 2. The Bertz CT molecular complexity index is 675. The molecule has 0 N–H and O–H groups in total. The van der Waals surface area contributed by atoms with Crippen molar-refractivity contribution in [3.63, 3.8) is 0 Å². The third-order valence-electron chi connectivity index (χ3n) is 4.93. The lowest BCUT2D eigenvalue weighted by Gasteiger charge is -2.23. The van der Waals surface area contributed by atoms with Crippen molar-refractivity contribution in [3.05, 3.63) is 48.0 Å². The Balaban J connectivity index is 1.28. The first-order chi connectivity index (χ1) is 11.7. The predicted molar refractivity (Wildman–Crippen MR) is 89.2 cm³/mol. The van der Waals surface area contributed by atoms with Crippen LogP contribution in [0.15, 0.2) is 36.8 Å². The van der Waals surface area contributed by atoms with Gasteiger partial charge in [-0.25, -0.2) is 0 Å². The van der Waals surface area contributed by atoms with Crippen molar-refractivity contribution >= 4 is 0 Å². The van der Waals surface area contributed by atoms with Crippen LogP contribution in [0, 0.1) is 0 Å². The molecule has 2 saturated heterocycles. The van der Waals surface area contributed by atoms with Crippen LogP contribution in [0.1, 0.15) is 24.1 Å². The van der Waals surface area contributed by atoms with E-state index in [1.54, 1.807) is 6.20 Å². The van der Waals surface area contributed by atoms with Gasteiger partial charge in [0.2, 0.25) is 0 Å². The monoisotopic (exact) mass is 328 g/mol. The Morgan fingerprint density at radius 3 is 3.17 bits per heavy atom. The van der Waals surface area contributed by atoms with Crippen LogP contribution < -0.4 is 0 Å². The van der Waals surface area contributed by atoms with E-state index in [1.165, 1.54) is 0 Å². The smallest absolute Gasteiger partial charge is 0.0847 e. The minimum Gasteiger partial charge on any atom is -0.371 e. The maximum absolute atomic E-state index is 6.17. The highest BCUT2D eigenvalue weighted by Crippen LogP contribution is 2.36. The molecular formula is C18H24N4O2. The number of hydrogen-bond donors (Lipinski definition) is 0. The summed E-state index contributed by atoms with van der Waals surface area (Å²) in [4.78, 5) is 6.56. The second-order valence-electron chi connectivity index (χ2n) is 6.93. The lowest BCUT2D eigenvalue weighted by Crippen LogP contribution is -2.33. The molecule has 1 spiro atoms. The van der Waals surface area contributed by atoms with Gasteiger partial charge in [-0.15, -0.1) is 0 Å². The first-order valence-corrected chi connectivity index (χ1v) is 8.56. The van der Waals surface area contributed by atoms with Crippen LogP contribution in [0.2, 0.25) is 0 Å². The summed E-state index contributed by atoms with van der Waals surface area (Å²) in [5, 5.41) is 4.47. The van der Waals surface area contributed by atoms with Crippen LogP contribution in [-0.2, 0) is 29.7 Å². The molecule has 0 saturated carbocycles. The number of nitrogens with zero attached hydrogens (tertiary/aromatic N) is 4. The van der Waals surface area contributed by atoms with Gasteiger partial charge in [0, 0.05) is 51.7 Å². The minimum absolute atomic E-state index is 0.0333. The van der Waals surface area contributed by atoms with Gasteiger partial charge in [0.25, 0.3) is 0 Å². The number of rotatable bonds is 5. The number of aromatic nitrogens is 3. The topological polar surface area (TPSA) is 52.4 Å². The number of likely N-dealkylation sites (tertiary alicyclic amines) is 1. The Kier molecular flexibility index (Phi) is 4.35. The van der Waals surface area contributed by atoms with E-state index in [-0.39, 0.29) is 11.7 Å². The van der Waals surface area contributed by atoms with Gasteiger partial charge in [0.05, 0.1) is 30.6 Å². The van der Waals surface area contributed by atoms with Gasteiger partial charge in [-0.2, -0.15) is 5.10 Å². The molecule has 2 atom stereocenters. The zero-order valence-electron chi connectivity index (χ0n) is 14.1. The molecule has 2 fully saturated rings. The first-order valence-electron chi connectivity index (χ1n) is 8.56. The Hall–Kier alpha value is -1.76. The van der Waals surface area contributed by atoms with E-state index in [2.05, 4.69) is 21.0 Å². The lowest BCUT2D eigenvalue weighted by molar-refractivity contribution is -0.000505. The van der Waals surface area contributed by atoms with E-state index in [0.717, 1.165) is 43.7 Å². The maximum atomic E-state index is 6.17. The molecule has 2 aromatic rings. The van der Waals surface area contributed by atoms with Gasteiger partial charge in [-0.1, -0.05) is 6.07 Å². The molecule has 2 aromatic heterocycles. The fraction of sp³-hybridized carbons (Fsp3) is 0.556. The van der Waals surface area contributed by atoms with E-state index >= 15 is 0 Å². The molecule has 6 nitrogen and oxygen atoms in total. The maximum Gasteiger partial charge on any atom is 0.0847 e. The second kappa shape index (κ2) is 6.63. The molecule has 4 rings (SSSR count). The predicted octanol–water partition coefficient (Wildman–Crippen LogP) is 1.77. The minimum atomic E-state index is -0.0333. The van der Waals surface area contributed by atoms with Crippen LogP contribution >= 0.6 is 0 Å². The van der Waals surface area contributed by atoms with Crippen molar-refractivity contribution in [2.45, 2.75) is 37.7 Å².